The number of nitrogens with zero attached hydrogens (tertiary/aromatic N) is 1. The first kappa shape index (κ1) is 12.0. The molecule has 1 aliphatic rings. The predicted octanol–water partition coefficient (Wildman–Crippen LogP) is 1.43. The molecule has 2 rings (SSSR count). The quantitative estimate of drug-likeness (QED) is 0.867. The van der Waals surface area contributed by atoms with E-state index in [-0.39, 0.29) is 11.7 Å². The largest absolute Gasteiger partial charge is 0.372 e. The van der Waals surface area contributed by atoms with Crippen LogP contribution in [0.3, 0.4) is 0 Å². The Balaban J connectivity index is 1.70. The normalized spacial score (nSPS) is 24.5. The molecule has 0 aromatic carbocycles. The van der Waals surface area contributed by atoms with Gasteiger partial charge in [0.2, 0.25) is 0 Å². The van der Waals surface area contributed by atoms with E-state index in [2.05, 4.69) is 24.1 Å². The molecule has 1 unspecified atom stereocenters. The van der Waals surface area contributed by atoms with Gasteiger partial charge in [0.25, 0.3) is 0 Å². The molecule has 1 aliphatic heterocycles. The van der Waals surface area contributed by atoms with Crippen molar-refractivity contribution in [1.82, 2.24) is 10.3 Å². The van der Waals surface area contributed by atoms with Crippen molar-refractivity contribution in [2.45, 2.75) is 32.2 Å². The molecular weight excluding hydrogens is 224 g/mol. The van der Waals surface area contributed by atoms with Gasteiger partial charge in [-0.2, -0.15) is 0 Å². The van der Waals surface area contributed by atoms with E-state index >= 15 is 0 Å². The third-order valence-corrected chi connectivity index (χ3v) is 3.17. The molecule has 1 atom stereocenters. The number of rotatable bonds is 4. The molecule has 0 bridgehead atoms. The van der Waals surface area contributed by atoms with E-state index in [1.807, 2.05) is 5.38 Å². The maximum absolute atomic E-state index is 5.89. The molecule has 1 N–H and O–H groups in total. The average Bonchev–Trinajstić information content (AvgIpc) is 2.69. The first-order valence-corrected chi connectivity index (χ1v) is 6.38. The molecule has 1 aromatic rings. The van der Waals surface area contributed by atoms with Gasteiger partial charge >= 0.3 is 0 Å². The van der Waals surface area contributed by atoms with Gasteiger partial charge in [-0.1, -0.05) is 0 Å². The lowest BCUT2D eigenvalue weighted by atomic mass is 10.1. The second-order valence-corrected chi connectivity index (χ2v) is 5.55. The zero-order valence-corrected chi connectivity index (χ0v) is 10.5. The molecule has 1 fully saturated rings. The van der Waals surface area contributed by atoms with E-state index in [0.717, 1.165) is 18.1 Å². The highest BCUT2D eigenvalue weighted by atomic mass is 32.1. The summed E-state index contributed by atoms with van der Waals surface area (Å²) >= 11 is 1.62. The minimum Gasteiger partial charge on any atom is -0.372 e. The number of aromatic nitrogens is 1. The van der Waals surface area contributed by atoms with Crippen molar-refractivity contribution in [3.8, 4) is 0 Å². The van der Waals surface area contributed by atoms with Crippen LogP contribution < -0.4 is 5.32 Å². The highest BCUT2D eigenvalue weighted by Gasteiger charge is 2.28. The SMILES string of the molecule is CC1(C)CNCC(COCc2nccs2)O1. The minimum atomic E-state index is -0.0898. The van der Waals surface area contributed by atoms with Crippen LogP contribution in [0.4, 0.5) is 0 Å². The fourth-order valence-electron chi connectivity index (χ4n) is 1.76. The number of ether oxygens (including phenoxy) is 2. The Bertz CT molecular complexity index is 314. The van der Waals surface area contributed by atoms with Crippen molar-refractivity contribution in [2.75, 3.05) is 19.7 Å². The summed E-state index contributed by atoms with van der Waals surface area (Å²) in [5.41, 5.74) is -0.0898. The van der Waals surface area contributed by atoms with Gasteiger partial charge in [-0.05, 0) is 13.8 Å². The average molecular weight is 242 g/mol. The Morgan fingerprint density at radius 1 is 1.69 bits per heavy atom. The van der Waals surface area contributed by atoms with E-state index in [0.29, 0.717) is 13.2 Å². The van der Waals surface area contributed by atoms with Gasteiger partial charge < -0.3 is 14.8 Å². The first-order valence-electron chi connectivity index (χ1n) is 5.50. The molecule has 1 aromatic heterocycles. The summed E-state index contributed by atoms with van der Waals surface area (Å²) < 4.78 is 11.5. The van der Waals surface area contributed by atoms with Crippen LogP contribution in [0.2, 0.25) is 0 Å². The van der Waals surface area contributed by atoms with Crippen LogP contribution in [0, 0.1) is 0 Å². The molecule has 16 heavy (non-hydrogen) atoms. The van der Waals surface area contributed by atoms with Crippen LogP contribution in [0.25, 0.3) is 0 Å². The van der Waals surface area contributed by atoms with Gasteiger partial charge in [0.05, 0.1) is 24.9 Å². The molecule has 5 heteroatoms. The van der Waals surface area contributed by atoms with Gasteiger partial charge in [-0.15, -0.1) is 11.3 Å². The Labute approximate surface area is 100.0 Å². The summed E-state index contributed by atoms with van der Waals surface area (Å²) in [4.78, 5) is 4.16. The van der Waals surface area contributed by atoms with Crippen molar-refractivity contribution in [2.24, 2.45) is 0 Å². The summed E-state index contributed by atoms with van der Waals surface area (Å²) in [5, 5.41) is 6.33. The maximum atomic E-state index is 5.89. The second kappa shape index (κ2) is 5.23. The van der Waals surface area contributed by atoms with E-state index in [4.69, 9.17) is 9.47 Å². The van der Waals surface area contributed by atoms with Gasteiger partial charge in [-0.3, -0.25) is 0 Å². The molecule has 0 saturated carbocycles. The van der Waals surface area contributed by atoms with Gasteiger partial charge in [0, 0.05) is 24.7 Å². The van der Waals surface area contributed by atoms with Crippen molar-refractivity contribution >= 4 is 11.3 Å². The smallest absolute Gasteiger partial charge is 0.118 e. The van der Waals surface area contributed by atoms with Crippen LogP contribution in [0.15, 0.2) is 11.6 Å². The topological polar surface area (TPSA) is 43.4 Å². The van der Waals surface area contributed by atoms with Gasteiger partial charge in [0.15, 0.2) is 0 Å². The maximum Gasteiger partial charge on any atom is 0.118 e. The Kier molecular flexibility index (Phi) is 3.91. The van der Waals surface area contributed by atoms with E-state index in [1.54, 1.807) is 17.5 Å². The molecule has 90 valence electrons. The van der Waals surface area contributed by atoms with Crippen LogP contribution in [0.1, 0.15) is 18.9 Å². The molecule has 0 radical (unpaired) electrons. The highest BCUT2D eigenvalue weighted by Crippen LogP contribution is 2.15. The fourth-order valence-corrected chi connectivity index (χ4v) is 2.32. The lowest BCUT2D eigenvalue weighted by Crippen LogP contribution is -2.51. The van der Waals surface area contributed by atoms with Gasteiger partial charge in [-0.25, -0.2) is 4.98 Å². The van der Waals surface area contributed by atoms with Crippen molar-refractivity contribution in [3.63, 3.8) is 0 Å². The van der Waals surface area contributed by atoms with E-state index < -0.39 is 0 Å². The Morgan fingerprint density at radius 2 is 2.56 bits per heavy atom. The molecule has 2 heterocycles. The van der Waals surface area contributed by atoms with Crippen LogP contribution in [-0.2, 0) is 16.1 Å². The number of hydrogen-bond donors (Lipinski definition) is 1. The molecule has 4 nitrogen and oxygen atoms in total. The predicted molar refractivity (Wildman–Crippen MR) is 63.6 cm³/mol. The van der Waals surface area contributed by atoms with E-state index in [1.165, 1.54) is 0 Å². The van der Waals surface area contributed by atoms with Crippen LogP contribution >= 0.6 is 11.3 Å². The number of morpholine rings is 1. The van der Waals surface area contributed by atoms with Crippen molar-refractivity contribution in [3.05, 3.63) is 16.6 Å². The second-order valence-electron chi connectivity index (χ2n) is 4.57. The molecule has 0 amide bonds. The molecule has 1 saturated heterocycles. The summed E-state index contributed by atoms with van der Waals surface area (Å²) in [6.45, 7) is 7.14. The summed E-state index contributed by atoms with van der Waals surface area (Å²) in [5.74, 6) is 0. The summed E-state index contributed by atoms with van der Waals surface area (Å²) in [6.07, 6.45) is 1.94. The molecular formula is C11H18N2O2S. The van der Waals surface area contributed by atoms with Crippen LogP contribution in [0.5, 0.6) is 0 Å². The Hall–Kier alpha value is -0.490. The summed E-state index contributed by atoms with van der Waals surface area (Å²) in [6, 6.07) is 0. The minimum absolute atomic E-state index is 0.0898. The standard InChI is InChI=1S/C11H18N2O2S/c1-11(2)8-12-5-9(15-11)6-14-7-10-13-3-4-16-10/h3-4,9,12H,5-8H2,1-2H3. The van der Waals surface area contributed by atoms with E-state index in [9.17, 15) is 0 Å². The molecule has 0 spiro atoms. The van der Waals surface area contributed by atoms with Crippen molar-refractivity contribution < 1.29 is 9.47 Å². The fraction of sp³-hybridized carbons (Fsp3) is 0.727. The first-order chi connectivity index (χ1) is 7.66. The number of nitrogens with one attached hydrogen (secondary N) is 1. The monoisotopic (exact) mass is 242 g/mol. The number of thiazole rings is 1. The lowest BCUT2D eigenvalue weighted by molar-refractivity contribution is -0.122. The zero-order chi connectivity index (χ0) is 11.4. The van der Waals surface area contributed by atoms with Gasteiger partial charge in [0.1, 0.15) is 5.01 Å². The van der Waals surface area contributed by atoms with Crippen LogP contribution in [-0.4, -0.2) is 36.4 Å². The Morgan fingerprint density at radius 3 is 3.25 bits per heavy atom. The third-order valence-electron chi connectivity index (χ3n) is 2.42. The highest BCUT2D eigenvalue weighted by molar-refractivity contribution is 7.09. The number of hydrogen-bond acceptors (Lipinski definition) is 5. The summed E-state index contributed by atoms with van der Waals surface area (Å²) in [7, 11) is 0. The lowest BCUT2D eigenvalue weighted by Gasteiger charge is -2.36. The van der Waals surface area contributed by atoms with Crippen molar-refractivity contribution in [1.29, 1.82) is 0 Å². The third kappa shape index (κ3) is 3.52. The zero-order valence-electron chi connectivity index (χ0n) is 9.73. The molecule has 0 aliphatic carbocycles.